The molecule has 0 saturated carbocycles. The van der Waals surface area contributed by atoms with E-state index in [1.165, 1.54) is 7.11 Å². The zero-order valence-electron chi connectivity index (χ0n) is 14.8. The maximum atomic E-state index is 11.8. The lowest BCUT2D eigenvalue weighted by atomic mass is 10.1. The minimum Gasteiger partial charge on any atom is -0.503 e. The molecule has 0 spiro atoms. The average molecular weight is 489 g/mol. The van der Waals surface area contributed by atoms with Crippen molar-refractivity contribution in [2.24, 2.45) is 0 Å². The van der Waals surface area contributed by atoms with E-state index in [0.29, 0.717) is 22.9 Å². The second kappa shape index (κ2) is 9.23. The van der Waals surface area contributed by atoms with Crippen molar-refractivity contribution in [1.29, 1.82) is 0 Å². The van der Waals surface area contributed by atoms with Gasteiger partial charge in [-0.2, -0.15) is 0 Å². The molecule has 0 aliphatic carbocycles. The lowest BCUT2D eigenvalue weighted by Gasteiger charge is -2.16. The van der Waals surface area contributed by atoms with Gasteiger partial charge in [-0.3, -0.25) is 0 Å². The minimum atomic E-state index is -1.15. The molecule has 28 heavy (non-hydrogen) atoms. The van der Waals surface area contributed by atoms with Gasteiger partial charge in [-0.25, -0.2) is 9.78 Å². The van der Waals surface area contributed by atoms with E-state index < -0.39 is 5.97 Å². The van der Waals surface area contributed by atoms with Gasteiger partial charge in [-0.15, -0.1) is 0 Å². The molecule has 0 aliphatic rings. The van der Waals surface area contributed by atoms with Gasteiger partial charge in [-0.1, -0.05) is 24.3 Å². The van der Waals surface area contributed by atoms with Gasteiger partial charge in [0.1, 0.15) is 11.3 Å². The standard InChI is InChI=1S/C21H16INO5/c1-26-13-16(21(24)25)15-9-5-11-18(27-14-7-3-2-4-8-14)19(15)28-20-17(22)10-6-12-23-20/h2-13H,1H3,(H,24,25)/b16-13+. The molecular weight excluding hydrogens is 473 g/mol. The summed E-state index contributed by atoms with van der Waals surface area (Å²) in [6.07, 6.45) is 2.75. The Labute approximate surface area is 175 Å². The highest BCUT2D eigenvalue weighted by Crippen LogP contribution is 2.41. The number of halogens is 1. The fourth-order valence-corrected chi connectivity index (χ4v) is 2.88. The molecule has 7 heteroatoms. The van der Waals surface area contributed by atoms with Crippen LogP contribution >= 0.6 is 22.6 Å². The number of hydrogen-bond acceptors (Lipinski definition) is 5. The van der Waals surface area contributed by atoms with Crippen LogP contribution in [0.4, 0.5) is 0 Å². The van der Waals surface area contributed by atoms with Crippen molar-refractivity contribution in [3.8, 4) is 23.1 Å². The number of ether oxygens (including phenoxy) is 3. The van der Waals surface area contributed by atoms with Crippen molar-refractivity contribution in [3.05, 3.63) is 82.3 Å². The number of hydrogen-bond donors (Lipinski definition) is 1. The first-order valence-electron chi connectivity index (χ1n) is 8.21. The third kappa shape index (κ3) is 4.61. The van der Waals surface area contributed by atoms with Gasteiger partial charge in [0, 0.05) is 11.8 Å². The van der Waals surface area contributed by atoms with Gasteiger partial charge in [-0.05, 0) is 59.0 Å². The van der Waals surface area contributed by atoms with Crippen LogP contribution < -0.4 is 9.47 Å². The quantitative estimate of drug-likeness (QED) is 0.274. The zero-order valence-corrected chi connectivity index (χ0v) is 17.0. The maximum absolute atomic E-state index is 11.8. The number of rotatable bonds is 7. The first-order chi connectivity index (χ1) is 13.6. The van der Waals surface area contributed by atoms with Crippen LogP contribution in [0.3, 0.4) is 0 Å². The topological polar surface area (TPSA) is 77.9 Å². The number of aromatic nitrogens is 1. The van der Waals surface area contributed by atoms with Crippen molar-refractivity contribution >= 4 is 34.1 Å². The van der Waals surface area contributed by atoms with E-state index in [2.05, 4.69) is 27.6 Å². The van der Waals surface area contributed by atoms with Crippen LogP contribution in [-0.2, 0) is 9.53 Å². The van der Waals surface area contributed by atoms with Gasteiger partial charge in [0.25, 0.3) is 0 Å². The van der Waals surface area contributed by atoms with Crippen LogP contribution in [0.2, 0.25) is 0 Å². The van der Waals surface area contributed by atoms with Crippen LogP contribution in [0.25, 0.3) is 5.57 Å². The number of benzene rings is 2. The Balaban J connectivity index is 2.14. The number of carboxylic acids is 1. The fraction of sp³-hybridized carbons (Fsp3) is 0.0476. The van der Waals surface area contributed by atoms with E-state index in [4.69, 9.17) is 14.2 Å². The highest BCUT2D eigenvalue weighted by molar-refractivity contribution is 14.1. The summed E-state index contributed by atoms with van der Waals surface area (Å²) >= 11 is 2.10. The van der Waals surface area contributed by atoms with E-state index in [1.807, 2.05) is 24.3 Å². The third-order valence-electron chi connectivity index (χ3n) is 3.63. The molecule has 3 aromatic rings. The van der Waals surface area contributed by atoms with E-state index in [9.17, 15) is 9.90 Å². The Morgan fingerprint density at radius 1 is 1.04 bits per heavy atom. The second-order valence-electron chi connectivity index (χ2n) is 5.51. The normalized spacial score (nSPS) is 11.0. The summed E-state index contributed by atoms with van der Waals surface area (Å²) in [6.45, 7) is 0. The van der Waals surface area contributed by atoms with E-state index >= 15 is 0 Å². The molecule has 0 radical (unpaired) electrons. The summed E-state index contributed by atoms with van der Waals surface area (Å²) in [7, 11) is 1.38. The number of aliphatic carboxylic acids is 1. The third-order valence-corrected chi connectivity index (χ3v) is 4.45. The molecule has 1 N–H and O–H groups in total. The van der Waals surface area contributed by atoms with Gasteiger partial charge >= 0.3 is 5.97 Å². The number of carbonyl (C=O) groups is 1. The molecule has 3 rings (SSSR count). The van der Waals surface area contributed by atoms with Gasteiger partial charge in [0.15, 0.2) is 11.5 Å². The Bertz CT molecular complexity index is 1000. The van der Waals surface area contributed by atoms with Gasteiger partial charge in [0.05, 0.1) is 16.9 Å². The molecule has 0 fully saturated rings. The summed E-state index contributed by atoms with van der Waals surface area (Å²) in [5, 5.41) is 9.62. The zero-order chi connectivity index (χ0) is 19.9. The first kappa shape index (κ1) is 19.7. The number of methoxy groups -OCH3 is 1. The first-order valence-corrected chi connectivity index (χ1v) is 9.29. The maximum Gasteiger partial charge on any atom is 0.339 e. The van der Waals surface area contributed by atoms with Crippen LogP contribution in [-0.4, -0.2) is 23.2 Å². The fourth-order valence-electron chi connectivity index (χ4n) is 2.42. The highest BCUT2D eigenvalue weighted by atomic mass is 127. The molecule has 0 atom stereocenters. The van der Waals surface area contributed by atoms with E-state index in [0.717, 1.165) is 9.83 Å². The molecular formula is C21H16INO5. The minimum absolute atomic E-state index is 0.0676. The molecule has 0 saturated heterocycles. The largest absolute Gasteiger partial charge is 0.503 e. The molecule has 0 aliphatic heterocycles. The lowest BCUT2D eigenvalue weighted by Crippen LogP contribution is -2.04. The molecule has 2 aromatic carbocycles. The highest BCUT2D eigenvalue weighted by Gasteiger charge is 2.22. The number of para-hydroxylation sites is 2. The van der Waals surface area contributed by atoms with Crippen LogP contribution in [0.15, 0.2) is 73.1 Å². The van der Waals surface area contributed by atoms with Crippen LogP contribution in [0, 0.1) is 3.57 Å². The SMILES string of the molecule is CO/C=C(/C(=O)O)c1cccc(Oc2ccccc2)c1Oc1ncccc1I. The molecule has 6 nitrogen and oxygen atoms in total. The van der Waals surface area contributed by atoms with Crippen molar-refractivity contribution < 1.29 is 24.1 Å². The second-order valence-corrected chi connectivity index (χ2v) is 6.67. The van der Waals surface area contributed by atoms with Crippen molar-refractivity contribution in [3.63, 3.8) is 0 Å². The van der Waals surface area contributed by atoms with Crippen molar-refractivity contribution in [2.75, 3.05) is 7.11 Å². The Kier molecular flexibility index (Phi) is 6.49. The monoisotopic (exact) mass is 489 g/mol. The van der Waals surface area contributed by atoms with Crippen molar-refractivity contribution in [2.45, 2.75) is 0 Å². The smallest absolute Gasteiger partial charge is 0.339 e. The van der Waals surface area contributed by atoms with Crippen molar-refractivity contribution in [1.82, 2.24) is 4.98 Å². The number of pyridine rings is 1. The summed E-state index contributed by atoms with van der Waals surface area (Å²) in [6, 6.07) is 17.8. The molecule has 0 unspecified atom stereocenters. The van der Waals surface area contributed by atoms with Gasteiger partial charge < -0.3 is 19.3 Å². The van der Waals surface area contributed by atoms with Crippen LogP contribution in [0.1, 0.15) is 5.56 Å². The predicted molar refractivity (Wildman–Crippen MR) is 113 cm³/mol. The summed E-state index contributed by atoms with van der Waals surface area (Å²) in [4.78, 5) is 16.0. The Morgan fingerprint density at radius 3 is 2.50 bits per heavy atom. The lowest BCUT2D eigenvalue weighted by molar-refractivity contribution is -0.130. The summed E-state index contributed by atoms with van der Waals surface area (Å²) in [5.74, 6) is 0.366. The number of nitrogens with zero attached hydrogens (tertiary/aromatic N) is 1. The molecule has 142 valence electrons. The average Bonchev–Trinajstić information content (AvgIpc) is 2.70. The molecule has 0 bridgehead atoms. The number of carboxylic acid groups (broad SMARTS) is 1. The predicted octanol–water partition coefficient (Wildman–Crippen LogP) is 5.34. The summed E-state index contributed by atoms with van der Waals surface area (Å²) < 4.78 is 17.7. The molecule has 1 heterocycles. The Hall–Kier alpha value is -3.07. The van der Waals surface area contributed by atoms with Gasteiger partial charge in [0.2, 0.25) is 5.88 Å². The van der Waals surface area contributed by atoms with E-state index in [1.54, 1.807) is 42.6 Å². The van der Waals surface area contributed by atoms with Crippen LogP contribution in [0.5, 0.6) is 23.1 Å². The molecule has 1 aromatic heterocycles. The Morgan fingerprint density at radius 2 is 1.82 bits per heavy atom. The molecule has 0 amide bonds. The summed E-state index contributed by atoms with van der Waals surface area (Å²) in [5.41, 5.74) is 0.242. The van der Waals surface area contributed by atoms with E-state index in [-0.39, 0.29) is 11.3 Å².